The van der Waals surface area contributed by atoms with E-state index in [-0.39, 0.29) is 6.10 Å². The SMILES string of the molecule is COc1ncc(Cl)c(NCC2CNCCO2)n1. The van der Waals surface area contributed by atoms with Crippen molar-refractivity contribution in [3.05, 3.63) is 11.2 Å². The third kappa shape index (κ3) is 3.42. The molecule has 0 radical (unpaired) electrons. The molecule has 17 heavy (non-hydrogen) atoms. The first-order valence-electron chi connectivity index (χ1n) is 5.42. The van der Waals surface area contributed by atoms with Gasteiger partial charge in [-0.3, -0.25) is 0 Å². The molecule has 0 amide bonds. The van der Waals surface area contributed by atoms with E-state index in [9.17, 15) is 0 Å². The topological polar surface area (TPSA) is 68.3 Å². The fraction of sp³-hybridized carbons (Fsp3) is 0.600. The molecular weight excluding hydrogens is 244 g/mol. The second-order valence-corrected chi connectivity index (χ2v) is 4.04. The molecule has 1 aliphatic heterocycles. The molecule has 0 aromatic carbocycles. The van der Waals surface area contributed by atoms with E-state index < -0.39 is 0 Å². The Hall–Kier alpha value is -1.11. The molecule has 1 unspecified atom stereocenters. The van der Waals surface area contributed by atoms with Gasteiger partial charge in [-0.1, -0.05) is 11.6 Å². The molecule has 0 aliphatic carbocycles. The zero-order valence-corrected chi connectivity index (χ0v) is 10.3. The first-order valence-corrected chi connectivity index (χ1v) is 5.80. The Bertz CT molecular complexity index is 371. The summed E-state index contributed by atoms with van der Waals surface area (Å²) in [5.41, 5.74) is 0. The molecule has 1 saturated heterocycles. The van der Waals surface area contributed by atoms with Gasteiger partial charge in [0.05, 0.1) is 26.0 Å². The first kappa shape index (κ1) is 12.3. The van der Waals surface area contributed by atoms with Gasteiger partial charge >= 0.3 is 6.01 Å². The van der Waals surface area contributed by atoms with Crippen molar-refractivity contribution in [1.29, 1.82) is 0 Å². The minimum absolute atomic E-state index is 0.126. The number of methoxy groups -OCH3 is 1. The summed E-state index contributed by atoms with van der Waals surface area (Å²) >= 11 is 5.97. The molecule has 2 heterocycles. The molecule has 94 valence electrons. The average molecular weight is 259 g/mol. The molecule has 2 rings (SSSR count). The highest BCUT2D eigenvalue weighted by molar-refractivity contribution is 6.32. The normalized spacial score (nSPS) is 20.0. The van der Waals surface area contributed by atoms with E-state index in [1.54, 1.807) is 0 Å². The Morgan fingerprint density at radius 2 is 2.59 bits per heavy atom. The van der Waals surface area contributed by atoms with Gasteiger partial charge in [-0.05, 0) is 0 Å². The monoisotopic (exact) mass is 258 g/mol. The highest BCUT2D eigenvalue weighted by Crippen LogP contribution is 2.20. The van der Waals surface area contributed by atoms with Crippen molar-refractivity contribution in [2.45, 2.75) is 6.10 Å². The van der Waals surface area contributed by atoms with Crippen LogP contribution < -0.4 is 15.4 Å². The molecule has 1 aromatic heterocycles. The van der Waals surface area contributed by atoms with E-state index in [1.807, 2.05) is 0 Å². The van der Waals surface area contributed by atoms with Gasteiger partial charge < -0.3 is 20.1 Å². The number of halogens is 1. The van der Waals surface area contributed by atoms with Crippen molar-refractivity contribution in [2.75, 3.05) is 38.7 Å². The fourth-order valence-corrected chi connectivity index (χ4v) is 1.69. The van der Waals surface area contributed by atoms with Crippen LogP contribution in [0.15, 0.2) is 6.20 Å². The first-order chi connectivity index (χ1) is 8.29. The predicted molar refractivity (Wildman–Crippen MR) is 64.7 cm³/mol. The molecule has 1 atom stereocenters. The Morgan fingerprint density at radius 1 is 1.71 bits per heavy atom. The lowest BCUT2D eigenvalue weighted by Crippen LogP contribution is -2.42. The molecule has 0 saturated carbocycles. The maximum absolute atomic E-state index is 5.97. The van der Waals surface area contributed by atoms with E-state index in [2.05, 4.69) is 20.6 Å². The molecule has 1 aliphatic rings. The number of anilines is 1. The third-order valence-corrected chi connectivity index (χ3v) is 2.68. The Labute approximate surface area is 105 Å². The molecule has 0 spiro atoms. The zero-order valence-electron chi connectivity index (χ0n) is 9.57. The van der Waals surface area contributed by atoms with Crippen LogP contribution in [-0.2, 0) is 4.74 Å². The van der Waals surface area contributed by atoms with Gasteiger partial charge in [-0.2, -0.15) is 4.98 Å². The van der Waals surface area contributed by atoms with E-state index >= 15 is 0 Å². The molecule has 2 N–H and O–H groups in total. The van der Waals surface area contributed by atoms with Gasteiger partial charge in [-0.15, -0.1) is 0 Å². The number of rotatable bonds is 4. The summed E-state index contributed by atoms with van der Waals surface area (Å²) in [5.74, 6) is 0.563. The highest BCUT2D eigenvalue weighted by Gasteiger charge is 2.14. The lowest BCUT2D eigenvalue weighted by atomic mass is 10.3. The van der Waals surface area contributed by atoms with Crippen LogP contribution in [0.4, 0.5) is 5.82 Å². The lowest BCUT2D eigenvalue weighted by molar-refractivity contribution is 0.0372. The van der Waals surface area contributed by atoms with Gasteiger partial charge in [-0.25, -0.2) is 4.98 Å². The smallest absolute Gasteiger partial charge is 0.318 e. The summed E-state index contributed by atoms with van der Waals surface area (Å²) in [4.78, 5) is 8.03. The second kappa shape index (κ2) is 6.00. The van der Waals surface area contributed by atoms with E-state index in [4.69, 9.17) is 21.1 Å². The summed E-state index contributed by atoms with van der Waals surface area (Å²) in [6, 6.07) is 0.291. The van der Waals surface area contributed by atoms with E-state index in [0.29, 0.717) is 23.4 Å². The van der Waals surface area contributed by atoms with Crippen molar-refractivity contribution >= 4 is 17.4 Å². The fourth-order valence-electron chi connectivity index (χ4n) is 1.53. The number of hydrogen-bond donors (Lipinski definition) is 2. The van der Waals surface area contributed by atoms with Gasteiger partial charge in [0.25, 0.3) is 0 Å². The molecular formula is C10H15ClN4O2. The van der Waals surface area contributed by atoms with Crippen molar-refractivity contribution in [2.24, 2.45) is 0 Å². The van der Waals surface area contributed by atoms with Crippen molar-refractivity contribution < 1.29 is 9.47 Å². The van der Waals surface area contributed by atoms with Crippen LogP contribution in [-0.4, -0.2) is 49.4 Å². The number of nitrogens with one attached hydrogen (secondary N) is 2. The Balaban J connectivity index is 1.92. The van der Waals surface area contributed by atoms with Crippen molar-refractivity contribution in [3.63, 3.8) is 0 Å². The number of hydrogen-bond acceptors (Lipinski definition) is 6. The molecule has 0 bridgehead atoms. The highest BCUT2D eigenvalue weighted by atomic mass is 35.5. The van der Waals surface area contributed by atoms with Crippen LogP contribution in [0.5, 0.6) is 6.01 Å². The minimum Gasteiger partial charge on any atom is -0.467 e. The Morgan fingerprint density at radius 3 is 3.29 bits per heavy atom. The van der Waals surface area contributed by atoms with E-state index in [0.717, 1.165) is 19.7 Å². The van der Waals surface area contributed by atoms with Gasteiger partial charge in [0.1, 0.15) is 5.02 Å². The van der Waals surface area contributed by atoms with Gasteiger partial charge in [0.2, 0.25) is 0 Å². The van der Waals surface area contributed by atoms with Crippen LogP contribution in [0, 0.1) is 0 Å². The summed E-state index contributed by atoms with van der Waals surface area (Å²) in [6.07, 6.45) is 1.64. The number of aromatic nitrogens is 2. The maximum atomic E-state index is 5.97. The third-order valence-electron chi connectivity index (χ3n) is 2.41. The molecule has 1 fully saturated rings. The summed E-state index contributed by atoms with van der Waals surface area (Å²) in [7, 11) is 1.52. The van der Waals surface area contributed by atoms with Crippen LogP contribution in [0.25, 0.3) is 0 Å². The molecule has 6 nitrogen and oxygen atoms in total. The standard InChI is InChI=1S/C10H15ClN4O2/c1-16-10-14-6-8(11)9(15-10)13-5-7-4-12-2-3-17-7/h6-7,12H,2-5H2,1H3,(H,13,14,15). The average Bonchev–Trinajstić information content (AvgIpc) is 2.39. The largest absolute Gasteiger partial charge is 0.467 e. The van der Waals surface area contributed by atoms with Crippen LogP contribution >= 0.6 is 11.6 Å². The van der Waals surface area contributed by atoms with Crippen molar-refractivity contribution in [3.8, 4) is 6.01 Å². The van der Waals surface area contributed by atoms with Gasteiger partial charge in [0.15, 0.2) is 5.82 Å². The van der Waals surface area contributed by atoms with Crippen LogP contribution in [0.2, 0.25) is 5.02 Å². The summed E-state index contributed by atoms with van der Waals surface area (Å²) in [6.45, 7) is 3.10. The summed E-state index contributed by atoms with van der Waals surface area (Å²) in [5, 5.41) is 6.85. The van der Waals surface area contributed by atoms with Crippen molar-refractivity contribution in [1.82, 2.24) is 15.3 Å². The maximum Gasteiger partial charge on any atom is 0.318 e. The number of morpholine rings is 1. The predicted octanol–water partition coefficient (Wildman–Crippen LogP) is 0.539. The minimum atomic E-state index is 0.126. The summed E-state index contributed by atoms with van der Waals surface area (Å²) < 4.78 is 10.5. The molecule has 7 heteroatoms. The lowest BCUT2D eigenvalue weighted by Gasteiger charge is -2.24. The zero-order chi connectivity index (χ0) is 12.1. The van der Waals surface area contributed by atoms with Crippen LogP contribution in [0.3, 0.4) is 0 Å². The Kier molecular flexibility index (Phi) is 4.36. The molecule has 1 aromatic rings. The quantitative estimate of drug-likeness (QED) is 0.822. The number of nitrogens with zero attached hydrogens (tertiary/aromatic N) is 2. The second-order valence-electron chi connectivity index (χ2n) is 3.63. The van der Waals surface area contributed by atoms with Gasteiger partial charge in [0, 0.05) is 19.6 Å². The number of ether oxygens (including phenoxy) is 2. The van der Waals surface area contributed by atoms with E-state index in [1.165, 1.54) is 13.3 Å². The van der Waals surface area contributed by atoms with Crippen LogP contribution in [0.1, 0.15) is 0 Å².